The van der Waals surface area contributed by atoms with E-state index in [9.17, 15) is 4.79 Å². The van der Waals surface area contributed by atoms with Crippen LogP contribution in [0.3, 0.4) is 0 Å². The molecule has 0 aromatic heterocycles. The first kappa shape index (κ1) is 16.7. The van der Waals surface area contributed by atoms with Crippen molar-refractivity contribution in [3.05, 3.63) is 35.4 Å². The van der Waals surface area contributed by atoms with E-state index in [2.05, 4.69) is 38.1 Å². The van der Waals surface area contributed by atoms with Gasteiger partial charge in [-0.3, -0.25) is 4.79 Å². The Hall–Kier alpha value is -1.31. The number of aryl methyl sites for hydroxylation is 1. The molecule has 0 spiro atoms. The van der Waals surface area contributed by atoms with E-state index in [0.29, 0.717) is 13.0 Å². The SMILES string of the molecule is CCOC(=O)CCCc1ccc(CC(CC)CC)cc1. The molecular weight excluding hydrogens is 248 g/mol. The van der Waals surface area contributed by atoms with E-state index in [0.717, 1.165) is 18.8 Å². The van der Waals surface area contributed by atoms with Crippen molar-refractivity contribution in [3.8, 4) is 0 Å². The van der Waals surface area contributed by atoms with Crippen molar-refractivity contribution in [3.63, 3.8) is 0 Å². The summed E-state index contributed by atoms with van der Waals surface area (Å²) >= 11 is 0. The van der Waals surface area contributed by atoms with Crippen LogP contribution < -0.4 is 0 Å². The van der Waals surface area contributed by atoms with E-state index >= 15 is 0 Å². The van der Waals surface area contributed by atoms with Crippen molar-refractivity contribution in [2.75, 3.05) is 6.61 Å². The molecule has 0 atom stereocenters. The molecule has 1 aromatic rings. The van der Waals surface area contributed by atoms with Crippen LogP contribution >= 0.6 is 0 Å². The minimum atomic E-state index is -0.0853. The Labute approximate surface area is 123 Å². The van der Waals surface area contributed by atoms with Crippen LogP contribution in [-0.2, 0) is 22.4 Å². The molecule has 0 aliphatic rings. The molecule has 0 heterocycles. The fourth-order valence-electron chi connectivity index (χ4n) is 2.42. The topological polar surface area (TPSA) is 26.3 Å². The number of esters is 1. The summed E-state index contributed by atoms with van der Waals surface area (Å²) in [5, 5.41) is 0. The van der Waals surface area contributed by atoms with Crippen LogP contribution in [0.4, 0.5) is 0 Å². The van der Waals surface area contributed by atoms with Gasteiger partial charge in [0.2, 0.25) is 0 Å². The van der Waals surface area contributed by atoms with Gasteiger partial charge in [0.1, 0.15) is 0 Å². The van der Waals surface area contributed by atoms with Gasteiger partial charge in [-0.05, 0) is 43.2 Å². The lowest BCUT2D eigenvalue weighted by Gasteiger charge is -2.12. The summed E-state index contributed by atoms with van der Waals surface area (Å²) < 4.78 is 4.93. The lowest BCUT2D eigenvalue weighted by atomic mass is 9.94. The highest BCUT2D eigenvalue weighted by Gasteiger charge is 2.05. The number of benzene rings is 1. The van der Waals surface area contributed by atoms with Crippen molar-refractivity contribution in [2.24, 2.45) is 5.92 Å². The summed E-state index contributed by atoms with van der Waals surface area (Å²) in [4.78, 5) is 11.3. The Morgan fingerprint density at radius 2 is 1.65 bits per heavy atom. The van der Waals surface area contributed by atoms with E-state index in [4.69, 9.17) is 4.74 Å². The fourth-order valence-corrected chi connectivity index (χ4v) is 2.42. The van der Waals surface area contributed by atoms with E-state index in [-0.39, 0.29) is 5.97 Å². The maximum Gasteiger partial charge on any atom is 0.305 e. The van der Waals surface area contributed by atoms with Gasteiger partial charge < -0.3 is 4.74 Å². The molecule has 0 aliphatic carbocycles. The molecule has 0 fully saturated rings. The molecule has 0 amide bonds. The lowest BCUT2D eigenvalue weighted by molar-refractivity contribution is -0.143. The standard InChI is InChI=1S/C18H28O2/c1-4-15(5-2)14-17-12-10-16(11-13-17)8-7-9-18(19)20-6-3/h10-13,15H,4-9,14H2,1-3H3. The zero-order valence-corrected chi connectivity index (χ0v) is 13.2. The Morgan fingerprint density at radius 3 is 2.20 bits per heavy atom. The Morgan fingerprint density at radius 1 is 1.05 bits per heavy atom. The van der Waals surface area contributed by atoms with E-state index in [1.807, 2.05) is 6.92 Å². The van der Waals surface area contributed by atoms with Gasteiger partial charge in [0.25, 0.3) is 0 Å². The number of hydrogen-bond donors (Lipinski definition) is 0. The maximum atomic E-state index is 11.3. The third kappa shape index (κ3) is 6.23. The van der Waals surface area contributed by atoms with Crippen LogP contribution in [0.2, 0.25) is 0 Å². The van der Waals surface area contributed by atoms with Gasteiger partial charge in [-0.15, -0.1) is 0 Å². The average molecular weight is 276 g/mol. The molecule has 112 valence electrons. The second kappa shape index (κ2) is 9.57. The maximum absolute atomic E-state index is 11.3. The average Bonchev–Trinajstić information content (AvgIpc) is 2.46. The monoisotopic (exact) mass is 276 g/mol. The first-order chi connectivity index (χ1) is 9.69. The molecule has 1 rings (SSSR count). The normalized spacial score (nSPS) is 10.8. The molecular formula is C18H28O2. The van der Waals surface area contributed by atoms with Crippen molar-refractivity contribution < 1.29 is 9.53 Å². The second-order valence-electron chi connectivity index (χ2n) is 5.36. The highest BCUT2D eigenvalue weighted by atomic mass is 16.5. The Balaban J connectivity index is 2.37. The molecule has 1 aromatic carbocycles. The Kier molecular flexibility index (Phi) is 8.01. The van der Waals surface area contributed by atoms with Gasteiger partial charge in [0.05, 0.1) is 6.61 Å². The summed E-state index contributed by atoms with van der Waals surface area (Å²) in [6, 6.07) is 8.86. The van der Waals surface area contributed by atoms with Gasteiger partial charge in [-0.2, -0.15) is 0 Å². The summed E-state index contributed by atoms with van der Waals surface area (Å²) in [7, 11) is 0. The molecule has 0 N–H and O–H groups in total. The van der Waals surface area contributed by atoms with Gasteiger partial charge >= 0.3 is 5.97 Å². The number of carbonyl (C=O) groups excluding carboxylic acids is 1. The van der Waals surface area contributed by atoms with Crippen LogP contribution in [0.25, 0.3) is 0 Å². The number of hydrogen-bond acceptors (Lipinski definition) is 2. The third-order valence-electron chi connectivity index (χ3n) is 3.85. The van der Waals surface area contributed by atoms with Gasteiger partial charge in [0.15, 0.2) is 0 Å². The zero-order chi connectivity index (χ0) is 14.8. The van der Waals surface area contributed by atoms with Crippen LogP contribution in [0.1, 0.15) is 57.6 Å². The molecule has 0 bridgehead atoms. The van der Waals surface area contributed by atoms with E-state index in [1.54, 1.807) is 0 Å². The summed E-state index contributed by atoms with van der Waals surface area (Å²) in [5.41, 5.74) is 2.73. The number of ether oxygens (including phenoxy) is 1. The van der Waals surface area contributed by atoms with Crippen LogP contribution in [0, 0.1) is 5.92 Å². The molecule has 0 saturated carbocycles. The third-order valence-corrected chi connectivity index (χ3v) is 3.85. The molecule has 2 heteroatoms. The summed E-state index contributed by atoms with van der Waals surface area (Å²) in [5.74, 6) is 0.711. The first-order valence-corrected chi connectivity index (χ1v) is 7.93. The van der Waals surface area contributed by atoms with Gasteiger partial charge in [0, 0.05) is 6.42 Å². The quantitative estimate of drug-likeness (QED) is 0.618. The summed E-state index contributed by atoms with van der Waals surface area (Å²) in [6.07, 6.45) is 6.00. The lowest BCUT2D eigenvalue weighted by Crippen LogP contribution is -2.04. The molecule has 0 radical (unpaired) electrons. The predicted molar refractivity (Wildman–Crippen MR) is 83.8 cm³/mol. The van der Waals surface area contributed by atoms with Crippen molar-refractivity contribution in [1.29, 1.82) is 0 Å². The van der Waals surface area contributed by atoms with Crippen molar-refractivity contribution >= 4 is 5.97 Å². The molecule has 20 heavy (non-hydrogen) atoms. The van der Waals surface area contributed by atoms with Crippen LogP contribution in [0.15, 0.2) is 24.3 Å². The number of carbonyl (C=O) groups is 1. The van der Waals surface area contributed by atoms with Crippen LogP contribution in [0.5, 0.6) is 0 Å². The highest BCUT2D eigenvalue weighted by Crippen LogP contribution is 2.16. The minimum absolute atomic E-state index is 0.0853. The fraction of sp³-hybridized carbons (Fsp3) is 0.611. The van der Waals surface area contributed by atoms with Gasteiger partial charge in [-0.25, -0.2) is 0 Å². The summed E-state index contributed by atoms with van der Waals surface area (Å²) in [6.45, 7) is 6.84. The smallest absolute Gasteiger partial charge is 0.305 e. The van der Waals surface area contributed by atoms with E-state index in [1.165, 1.54) is 30.4 Å². The first-order valence-electron chi connectivity index (χ1n) is 7.93. The van der Waals surface area contributed by atoms with Crippen LogP contribution in [-0.4, -0.2) is 12.6 Å². The zero-order valence-electron chi connectivity index (χ0n) is 13.2. The minimum Gasteiger partial charge on any atom is -0.466 e. The number of rotatable bonds is 9. The molecule has 0 saturated heterocycles. The second-order valence-corrected chi connectivity index (χ2v) is 5.36. The van der Waals surface area contributed by atoms with Gasteiger partial charge in [-0.1, -0.05) is 51.0 Å². The molecule has 2 nitrogen and oxygen atoms in total. The Bertz CT molecular complexity index is 377. The predicted octanol–water partition coefficient (Wildman–Crippen LogP) is 4.55. The van der Waals surface area contributed by atoms with E-state index < -0.39 is 0 Å². The van der Waals surface area contributed by atoms with Crippen molar-refractivity contribution in [2.45, 2.75) is 59.3 Å². The molecule has 0 aliphatic heterocycles. The highest BCUT2D eigenvalue weighted by molar-refractivity contribution is 5.69. The van der Waals surface area contributed by atoms with Crippen molar-refractivity contribution in [1.82, 2.24) is 0 Å². The largest absolute Gasteiger partial charge is 0.466 e. The molecule has 0 unspecified atom stereocenters.